The highest BCUT2D eigenvalue weighted by atomic mass is 79.9. The molecule has 1 aromatic carbocycles. The number of nitro benzene ring substituents is 1. The Hall–Kier alpha value is -1.15. The van der Waals surface area contributed by atoms with Crippen molar-refractivity contribution < 1.29 is 19.2 Å². The number of hydrogen-bond donors (Lipinski definition) is 1. The fourth-order valence-electron chi connectivity index (χ4n) is 1.26. The van der Waals surface area contributed by atoms with Crippen LogP contribution in [0.3, 0.4) is 0 Å². The average Bonchev–Trinajstić information content (AvgIpc) is 2.21. The monoisotopic (exact) mass is 337 g/mol. The van der Waals surface area contributed by atoms with Gasteiger partial charge in [-0.2, -0.15) is 0 Å². The lowest BCUT2D eigenvalue weighted by atomic mass is 10.3. The van der Waals surface area contributed by atoms with Crippen molar-refractivity contribution in [2.45, 2.75) is 23.5 Å². The first-order valence-corrected chi connectivity index (χ1v) is 6.50. The molecule has 0 bridgehead atoms. The molecule has 5 nitrogen and oxygen atoms in total. The smallest absolute Gasteiger partial charge is 0.304 e. The lowest BCUT2D eigenvalue weighted by Crippen LogP contribution is -2.06. The molecule has 8 heteroatoms. The van der Waals surface area contributed by atoms with Crippen LogP contribution in [0.5, 0.6) is 0 Å². The molecule has 0 saturated carbocycles. The molecule has 1 unspecified atom stereocenters. The summed E-state index contributed by atoms with van der Waals surface area (Å²) in [7, 11) is 0. The summed E-state index contributed by atoms with van der Waals surface area (Å²) in [5.74, 6) is -1.71. The number of thioether (sulfide) groups is 1. The summed E-state index contributed by atoms with van der Waals surface area (Å²) in [6, 6.07) is 2.11. The maximum Gasteiger partial charge on any atom is 0.304 e. The van der Waals surface area contributed by atoms with Crippen molar-refractivity contribution in [1.29, 1.82) is 0 Å². The van der Waals surface area contributed by atoms with Crippen LogP contribution < -0.4 is 0 Å². The minimum absolute atomic E-state index is 0.109. The number of carboxylic acid groups (broad SMARTS) is 1. The second-order valence-corrected chi connectivity index (χ2v) is 5.85. The van der Waals surface area contributed by atoms with Crippen LogP contribution in [0.15, 0.2) is 21.5 Å². The van der Waals surface area contributed by atoms with Gasteiger partial charge >= 0.3 is 5.97 Å². The van der Waals surface area contributed by atoms with E-state index in [4.69, 9.17) is 5.11 Å². The Kier molecular flexibility index (Phi) is 5.09. The number of nitro groups is 1. The van der Waals surface area contributed by atoms with Crippen molar-refractivity contribution in [3.8, 4) is 0 Å². The first-order valence-electron chi connectivity index (χ1n) is 4.83. The first-order chi connectivity index (χ1) is 8.31. The molecule has 18 heavy (non-hydrogen) atoms. The zero-order valence-corrected chi connectivity index (χ0v) is 11.6. The van der Waals surface area contributed by atoms with Crippen LogP contribution in [0.25, 0.3) is 0 Å². The van der Waals surface area contributed by atoms with Gasteiger partial charge in [-0.15, -0.1) is 11.8 Å². The topological polar surface area (TPSA) is 80.4 Å². The maximum atomic E-state index is 13.2. The van der Waals surface area contributed by atoms with Gasteiger partial charge in [0.05, 0.1) is 26.8 Å². The second kappa shape index (κ2) is 6.14. The molecule has 1 aromatic rings. The van der Waals surface area contributed by atoms with Gasteiger partial charge in [-0.25, -0.2) is 4.39 Å². The van der Waals surface area contributed by atoms with Crippen LogP contribution in [0.1, 0.15) is 13.3 Å². The van der Waals surface area contributed by atoms with Gasteiger partial charge in [0.1, 0.15) is 5.82 Å². The molecular formula is C10H9BrFNO4S. The molecule has 98 valence electrons. The molecule has 0 fully saturated rings. The van der Waals surface area contributed by atoms with Gasteiger partial charge in [0.15, 0.2) is 0 Å². The van der Waals surface area contributed by atoms with Crippen LogP contribution >= 0.6 is 27.7 Å². The summed E-state index contributed by atoms with van der Waals surface area (Å²) in [6.45, 7) is 1.64. The van der Waals surface area contributed by atoms with Crippen molar-refractivity contribution in [3.63, 3.8) is 0 Å². The number of benzene rings is 1. The highest BCUT2D eigenvalue weighted by molar-refractivity contribution is 9.10. The fourth-order valence-corrected chi connectivity index (χ4v) is 2.85. The summed E-state index contributed by atoms with van der Waals surface area (Å²) in [4.78, 5) is 20.9. The van der Waals surface area contributed by atoms with E-state index < -0.39 is 16.7 Å². The largest absolute Gasteiger partial charge is 0.481 e. The third-order valence-electron chi connectivity index (χ3n) is 1.99. The van der Waals surface area contributed by atoms with Crippen LogP contribution in [0.4, 0.5) is 10.1 Å². The first kappa shape index (κ1) is 14.9. The number of aliphatic carboxylic acids is 1. The lowest BCUT2D eigenvalue weighted by molar-refractivity contribution is -0.387. The van der Waals surface area contributed by atoms with Crippen molar-refractivity contribution in [1.82, 2.24) is 0 Å². The Bertz CT molecular complexity index is 497. The molecule has 0 aliphatic heterocycles. The van der Waals surface area contributed by atoms with E-state index in [2.05, 4.69) is 15.9 Å². The van der Waals surface area contributed by atoms with Crippen LogP contribution in [-0.2, 0) is 4.79 Å². The van der Waals surface area contributed by atoms with Gasteiger partial charge < -0.3 is 5.11 Å². The molecule has 1 atom stereocenters. The van der Waals surface area contributed by atoms with Crippen LogP contribution in [0.2, 0.25) is 0 Å². The average molecular weight is 338 g/mol. The van der Waals surface area contributed by atoms with Crippen molar-refractivity contribution in [3.05, 3.63) is 32.5 Å². The van der Waals surface area contributed by atoms with E-state index >= 15 is 0 Å². The van der Waals surface area contributed by atoms with Gasteiger partial charge in [-0.1, -0.05) is 6.92 Å². The molecule has 0 saturated heterocycles. The molecule has 0 amide bonds. The summed E-state index contributed by atoms with van der Waals surface area (Å²) in [5, 5.41) is 19.1. The molecule has 0 aromatic heterocycles. The standard InChI is InChI=1S/C10H9BrFNO4S/c1-5(2-10(14)15)18-9-3-6(11)7(12)4-8(9)13(16)17/h3-5H,2H2,1H3,(H,14,15). The number of carboxylic acids is 1. The molecule has 0 heterocycles. The quantitative estimate of drug-likeness (QED) is 0.505. The maximum absolute atomic E-state index is 13.2. The SMILES string of the molecule is CC(CC(=O)O)Sc1cc(Br)c(F)cc1[N+](=O)[O-]. The minimum Gasteiger partial charge on any atom is -0.481 e. The van der Waals surface area contributed by atoms with E-state index in [1.807, 2.05) is 0 Å². The van der Waals surface area contributed by atoms with Crippen molar-refractivity contribution in [2.75, 3.05) is 0 Å². The van der Waals surface area contributed by atoms with E-state index in [9.17, 15) is 19.3 Å². The highest BCUT2D eigenvalue weighted by Crippen LogP contribution is 2.36. The van der Waals surface area contributed by atoms with Crippen LogP contribution in [-0.4, -0.2) is 21.2 Å². The van der Waals surface area contributed by atoms with Crippen molar-refractivity contribution >= 4 is 39.3 Å². The molecule has 0 aliphatic rings. The molecule has 0 aliphatic carbocycles. The third-order valence-corrected chi connectivity index (χ3v) is 3.75. The van der Waals surface area contributed by atoms with Gasteiger partial charge in [-0.3, -0.25) is 14.9 Å². The molecular weight excluding hydrogens is 329 g/mol. The number of carbonyl (C=O) groups is 1. The molecule has 1 N–H and O–H groups in total. The number of rotatable bonds is 5. The van der Waals surface area contributed by atoms with Crippen LogP contribution in [0, 0.1) is 15.9 Å². The highest BCUT2D eigenvalue weighted by Gasteiger charge is 2.20. The summed E-state index contributed by atoms with van der Waals surface area (Å²) < 4.78 is 13.3. The van der Waals surface area contributed by atoms with E-state index in [-0.39, 0.29) is 26.7 Å². The normalized spacial score (nSPS) is 12.2. The lowest BCUT2D eigenvalue weighted by Gasteiger charge is -2.09. The predicted molar refractivity (Wildman–Crippen MR) is 68.3 cm³/mol. The number of halogens is 2. The minimum atomic E-state index is -0.987. The summed E-state index contributed by atoms with van der Waals surface area (Å²) >= 11 is 3.97. The fraction of sp³-hybridized carbons (Fsp3) is 0.300. The van der Waals surface area contributed by atoms with E-state index in [0.717, 1.165) is 17.8 Å². The summed E-state index contributed by atoms with van der Waals surface area (Å²) in [6.07, 6.45) is -0.128. The number of nitrogens with zero attached hydrogens (tertiary/aromatic N) is 1. The Labute approximate surface area is 115 Å². The Morgan fingerprint density at radius 3 is 2.78 bits per heavy atom. The predicted octanol–water partition coefficient (Wildman–Crippen LogP) is 3.45. The van der Waals surface area contributed by atoms with Gasteiger partial charge in [0, 0.05) is 5.25 Å². The molecule has 0 radical (unpaired) electrons. The van der Waals surface area contributed by atoms with Gasteiger partial charge in [0.25, 0.3) is 5.69 Å². The Balaban J connectivity index is 3.03. The van der Waals surface area contributed by atoms with Gasteiger partial charge in [-0.05, 0) is 22.0 Å². The molecule has 0 spiro atoms. The van der Waals surface area contributed by atoms with E-state index in [0.29, 0.717) is 0 Å². The van der Waals surface area contributed by atoms with E-state index in [1.165, 1.54) is 6.07 Å². The Morgan fingerprint density at radius 1 is 1.67 bits per heavy atom. The zero-order chi connectivity index (χ0) is 13.9. The van der Waals surface area contributed by atoms with Gasteiger partial charge in [0.2, 0.25) is 0 Å². The number of hydrogen-bond acceptors (Lipinski definition) is 4. The third kappa shape index (κ3) is 3.95. The Morgan fingerprint density at radius 2 is 2.28 bits per heavy atom. The summed E-state index contributed by atoms with van der Waals surface area (Å²) in [5.41, 5.74) is -0.363. The van der Waals surface area contributed by atoms with Crippen molar-refractivity contribution in [2.24, 2.45) is 0 Å². The van der Waals surface area contributed by atoms with E-state index in [1.54, 1.807) is 6.92 Å². The second-order valence-electron chi connectivity index (χ2n) is 3.52. The zero-order valence-electron chi connectivity index (χ0n) is 9.22. The molecule has 1 rings (SSSR count).